The van der Waals surface area contributed by atoms with Gasteiger partial charge in [0.15, 0.2) is 5.78 Å². The minimum Gasteiger partial charge on any atom is -0.347 e. The average Bonchev–Trinajstić information content (AvgIpc) is 2.83. The summed E-state index contributed by atoms with van der Waals surface area (Å²) in [5.74, 6) is -5.22. The fourth-order valence-electron chi connectivity index (χ4n) is 3.19. The van der Waals surface area contributed by atoms with Gasteiger partial charge in [0.05, 0.1) is 26.6 Å². The van der Waals surface area contributed by atoms with Gasteiger partial charge in [0.25, 0.3) is 0 Å². The molecule has 0 radical (unpaired) electrons. The molecule has 196 valence electrons. The Morgan fingerprint density at radius 3 is 2.16 bits per heavy atom. The summed E-state index contributed by atoms with van der Waals surface area (Å²) in [5, 5.41) is 2.10. The molecule has 0 aliphatic carbocycles. The second-order valence-electron chi connectivity index (χ2n) is 7.44. The molecule has 14 heteroatoms. The second kappa shape index (κ2) is 11.4. The van der Waals surface area contributed by atoms with Crippen molar-refractivity contribution in [2.24, 2.45) is 0 Å². The number of carbonyl (C=O) groups excluding carboxylic acids is 1. The number of alkyl halides is 6. The Kier molecular flexibility index (Phi) is 8.86. The van der Waals surface area contributed by atoms with Crippen LogP contribution in [0.2, 0.25) is 10.0 Å². The first kappa shape index (κ1) is 28.9. The number of aromatic nitrogens is 2. The molecule has 3 rings (SSSR count). The SMILES string of the molecule is O=C(CNc1ncccn1)c1ccc(/C(F)=C/C(c2cc(Cl)c(Br)c(Cl)c2)C(F)(F)F)cc1C(F)(F)F. The number of rotatable bonds is 7. The number of ketones is 1. The van der Waals surface area contributed by atoms with Crippen LogP contribution >= 0.6 is 39.1 Å². The summed E-state index contributed by atoms with van der Waals surface area (Å²) in [6.45, 7) is -0.619. The van der Waals surface area contributed by atoms with Gasteiger partial charge in [-0.3, -0.25) is 4.79 Å². The minimum absolute atomic E-state index is 0.0126. The number of benzene rings is 2. The minimum atomic E-state index is -5.11. The normalized spacial score (nSPS) is 13.4. The molecule has 0 spiro atoms. The number of hydrogen-bond acceptors (Lipinski definition) is 4. The molecule has 1 aromatic heterocycles. The molecule has 1 atom stereocenters. The molecule has 0 bridgehead atoms. The molecule has 2 aromatic carbocycles. The first-order valence-electron chi connectivity index (χ1n) is 10.0. The first-order valence-corrected chi connectivity index (χ1v) is 11.6. The molecule has 0 amide bonds. The van der Waals surface area contributed by atoms with Crippen molar-refractivity contribution >= 4 is 56.7 Å². The van der Waals surface area contributed by atoms with Crippen molar-refractivity contribution in [1.29, 1.82) is 0 Å². The fraction of sp³-hybridized carbons (Fsp3) is 0.174. The molecular weight excluding hydrogens is 618 g/mol. The van der Waals surface area contributed by atoms with E-state index < -0.39 is 58.7 Å². The van der Waals surface area contributed by atoms with E-state index >= 15 is 0 Å². The lowest BCUT2D eigenvalue weighted by Gasteiger charge is -2.19. The summed E-state index contributed by atoms with van der Waals surface area (Å²) in [7, 11) is 0. The summed E-state index contributed by atoms with van der Waals surface area (Å²) in [6.07, 6.45) is -7.35. The number of nitrogens with one attached hydrogen (secondary N) is 1. The van der Waals surface area contributed by atoms with Crippen molar-refractivity contribution in [1.82, 2.24) is 9.97 Å². The van der Waals surface area contributed by atoms with Gasteiger partial charge < -0.3 is 5.32 Å². The van der Waals surface area contributed by atoms with Crippen LogP contribution in [0.25, 0.3) is 5.83 Å². The van der Waals surface area contributed by atoms with E-state index in [0.717, 1.165) is 18.2 Å². The molecule has 0 fully saturated rings. The largest absolute Gasteiger partial charge is 0.417 e. The van der Waals surface area contributed by atoms with Crippen LogP contribution in [0.3, 0.4) is 0 Å². The van der Waals surface area contributed by atoms with Crippen LogP contribution < -0.4 is 5.32 Å². The highest BCUT2D eigenvalue weighted by Gasteiger charge is 2.41. The Morgan fingerprint density at radius 2 is 1.62 bits per heavy atom. The smallest absolute Gasteiger partial charge is 0.347 e. The molecule has 1 heterocycles. The molecule has 3 aromatic rings. The quantitative estimate of drug-likeness (QED) is 0.162. The second-order valence-corrected chi connectivity index (χ2v) is 9.05. The van der Waals surface area contributed by atoms with E-state index in [1.807, 2.05) is 0 Å². The van der Waals surface area contributed by atoms with Gasteiger partial charge in [-0.25, -0.2) is 14.4 Å². The predicted octanol–water partition coefficient (Wildman–Crippen LogP) is 8.52. The van der Waals surface area contributed by atoms with Crippen molar-refractivity contribution in [2.75, 3.05) is 11.9 Å². The summed E-state index contributed by atoms with van der Waals surface area (Å²) >= 11 is 14.7. The van der Waals surface area contributed by atoms with Crippen LogP contribution in [-0.4, -0.2) is 28.5 Å². The Bertz CT molecular complexity index is 1310. The van der Waals surface area contributed by atoms with Crippen LogP contribution in [0.4, 0.5) is 36.7 Å². The number of carbonyl (C=O) groups is 1. The third-order valence-electron chi connectivity index (χ3n) is 4.90. The lowest BCUT2D eigenvalue weighted by atomic mass is 9.95. The molecule has 1 unspecified atom stereocenters. The maximum atomic E-state index is 15.0. The highest BCUT2D eigenvalue weighted by atomic mass is 79.9. The summed E-state index contributed by atoms with van der Waals surface area (Å²) in [4.78, 5) is 20.0. The van der Waals surface area contributed by atoms with E-state index in [4.69, 9.17) is 23.2 Å². The number of allylic oxidation sites excluding steroid dienone is 1. The molecule has 0 saturated carbocycles. The lowest BCUT2D eigenvalue weighted by molar-refractivity contribution is -0.140. The summed E-state index contributed by atoms with van der Waals surface area (Å²) in [6, 6.07) is 5.04. The number of hydrogen-bond donors (Lipinski definition) is 1. The third-order valence-corrected chi connectivity index (χ3v) is 6.81. The highest BCUT2D eigenvalue weighted by Crippen LogP contribution is 2.43. The first-order chi connectivity index (χ1) is 17.2. The van der Waals surface area contributed by atoms with Crippen molar-refractivity contribution < 1.29 is 35.5 Å². The molecule has 0 aliphatic heterocycles. The molecule has 37 heavy (non-hydrogen) atoms. The van der Waals surface area contributed by atoms with E-state index in [-0.39, 0.29) is 32.6 Å². The average molecular weight is 631 g/mol. The number of Topliss-reactive ketones (excluding diaryl/α,β-unsaturated/α-hetero) is 1. The maximum Gasteiger partial charge on any atom is 0.417 e. The van der Waals surface area contributed by atoms with Crippen LogP contribution in [0.5, 0.6) is 0 Å². The monoisotopic (exact) mass is 629 g/mol. The number of anilines is 1. The van der Waals surface area contributed by atoms with Crippen LogP contribution in [0, 0.1) is 0 Å². The Labute approximate surface area is 223 Å². The van der Waals surface area contributed by atoms with Gasteiger partial charge in [0.2, 0.25) is 5.95 Å². The predicted molar refractivity (Wildman–Crippen MR) is 128 cm³/mol. The zero-order valence-corrected chi connectivity index (χ0v) is 21.2. The highest BCUT2D eigenvalue weighted by molar-refractivity contribution is 9.10. The van der Waals surface area contributed by atoms with E-state index in [1.165, 1.54) is 18.5 Å². The van der Waals surface area contributed by atoms with Crippen LogP contribution in [-0.2, 0) is 6.18 Å². The lowest BCUT2D eigenvalue weighted by Crippen LogP contribution is -2.20. The van der Waals surface area contributed by atoms with Gasteiger partial charge in [0, 0.05) is 23.5 Å². The summed E-state index contributed by atoms with van der Waals surface area (Å²) < 4.78 is 97.5. The zero-order chi connectivity index (χ0) is 27.5. The van der Waals surface area contributed by atoms with Gasteiger partial charge in [-0.2, -0.15) is 26.3 Å². The Balaban J connectivity index is 1.99. The van der Waals surface area contributed by atoms with Crippen molar-refractivity contribution in [2.45, 2.75) is 18.3 Å². The van der Waals surface area contributed by atoms with E-state index in [9.17, 15) is 35.5 Å². The van der Waals surface area contributed by atoms with Crippen LogP contribution in [0.15, 0.2) is 59.3 Å². The topological polar surface area (TPSA) is 54.9 Å². The van der Waals surface area contributed by atoms with Gasteiger partial charge >= 0.3 is 12.4 Å². The van der Waals surface area contributed by atoms with E-state index in [1.54, 1.807) is 0 Å². The van der Waals surface area contributed by atoms with Gasteiger partial charge in [-0.1, -0.05) is 35.3 Å². The molecule has 0 saturated heterocycles. The maximum absolute atomic E-state index is 15.0. The third kappa shape index (κ3) is 7.20. The van der Waals surface area contributed by atoms with E-state index in [2.05, 4.69) is 31.2 Å². The van der Waals surface area contributed by atoms with Gasteiger partial charge in [-0.15, -0.1) is 0 Å². The van der Waals surface area contributed by atoms with Gasteiger partial charge in [-0.05, 0) is 51.8 Å². The fourth-order valence-corrected chi connectivity index (χ4v) is 3.93. The standard InChI is InChI=1S/C23H13BrCl2F7N3O/c24-20-16(25)7-12(8-17(20)26)14(22(28,29)30)9-18(27)11-2-3-13(15(6-11)23(31,32)33)19(37)10-36-21-34-4-1-5-35-21/h1-9,14H,10H2,(H,34,35,36)/b18-9-. The van der Waals surface area contributed by atoms with Crippen molar-refractivity contribution in [3.05, 3.63) is 91.6 Å². The van der Waals surface area contributed by atoms with Gasteiger partial charge in [0.1, 0.15) is 11.7 Å². The zero-order valence-electron chi connectivity index (χ0n) is 18.1. The molecule has 0 aliphatic rings. The number of halogens is 10. The van der Waals surface area contributed by atoms with E-state index in [0.29, 0.717) is 6.07 Å². The molecule has 1 N–H and O–H groups in total. The van der Waals surface area contributed by atoms with Crippen molar-refractivity contribution in [3.63, 3.8) is 0 Å². The Morgan fingerprint density at radius 1 is 1.03 bits per heavy atom. The van der Waals surface area contributed by atoms with Crippen molar-refractivity contribution in [3.8, 4) is 0 Å². The number of nitrogens with zero attached hydrogens (tertiary/aromatic N) is 2. The van der Waals surface area contributed by atoms with Crippen LogP contribution in [0.1, 0.15) is 33.0 Å². The molecular formula is C23H13BrCl2F7N3O. The Hall–Kier alpha value is -2.70. The summed E-state index contributed by atoms with van der Waals surface area (Å²) in [5.41, 5.74) is -3.68. The molecule has 4 nitrogen and oxygen atoms in total.